The van der Waals surface area contributed by atoms with Crippen LogP contribution in [0.4, 0.5) is 0 Å². The fraction of sp³-hybridized carbons (Fsp3) is 0.667. The van der Waals surface area contributed by atoms with E-state index in [2.05, 4.69) is 9.97 Å². The van der Waals surface area contributed by atoms with E-state index in [1.807, 2.05) is 4.90 Å². The molecule has 0 spiro atoms. The van der Waals surface area contributed by atoms with Gasteiger partial charge in [0.15, 0.2) is 0 Å². The van der Waals surface area contributed by atoms with Crippen LogP contribution in [0.3, 0.4) is 0 Å². The number of aromatic nitrogens is 2. The Labute approximate surface area is 124 Å². The zero-order chi connectivity index (χ0) is 14.7. The first-order chi connectivity index (χ1) is 10.3. The Bertz CT molecular complexity index is 515. The van der Waals surface area contributed by atoms with Crippen molar-refractivity contribution in [2.75, 3.05) is 33.4 Å². The molecular weight excluding hydrogens is 270 g/mol. The number of carbonyl (C=O) groups is 1. The topological polar surface area (TPSA) is 64.6 Å². The zero-order valence-electron chi connectivity index (χ0n) is 12.4. The summed E-state index contributed by atoms with van der Waals surface area (Å²) in [7, 11) is 1.62. The van der Waals surface area contributed by atoms with Gasteiger partial charge < -0.3 is 14.4 Å². The molecule has 6 heteroatoms. The summed E-state index contributed by atoms with van der Waals surface area (Å²) < 4.78 is 10.6. The van der Waals surface area contributed by atoms with Crippen molar-refractivity contribution in [1.82, 2.24) is 14.9 Å². The lowest BCUT2D eigenvalue weighted by molar-refractivity contribution is -0.138. The van der Waals surface area contributed by atoms with Crippen LogP contribution >= 0.6 is 0 Å². The molecule has 0 saturated carbocycles. The number of carbonyl (C=O) groups excluding carboxylic acids is 1. The van der Waals surface area contributed by atoms with E-state index in [4.69, 9.17) is 9.47 Å². The van der Waals surface area contributed by atoms with Crippen LogP contribution in [0.15, 0.2) is 6.33 Å². The minimum atomic E-state index is 0.118. The Balaban J connectivity index is 1.71. The van der Waals surface area contributed by atoms with Crippen molar-refractivity contribution < 1.29 is 14.3 Å². The number of hydrogen-bond donors (Lipinski definition) is 0. The third kappa shape index (κ3) is 3.00. The van der Waals surface area contributed by atoms with Gasteiger partial charge in [-0.1, -0.05) is 0 Å². The Kier molecular flexibility index (Phi) is 4.34. The van der Waals surface area contributed by atoms with Gasteiger partial charge in [-0.05, 0) is 19.3 Å². The Morgan fingerprint density at radius 3 is 2.81 bits per heavy atom. The standard InChI is InChI=1S/C15H21N3O3/c1-20-14-12-2-6-18(7-3-13(12)16-10-17-14)15(19)11-4-8-21-9-5-11/h10-11H,2-9H2,1H3. The number of rotatable bonds is 2. The van der Waals surface area contributed by atoms with Crippen molar-refractivity contribution in [1.29, 1.82) is 0 Å². The van der Waals surface area contributed by atoms with Crippen LogP contribution in [0.2, 0.25) is 0 Å². The SMILES string of the molecule is COc1ncnc2c1CCN(C(=O)C1CCOCC1)CC2. The van der Waals surface area contributed by atoms with Gasteiger partial charge in [-0.15, -0.1) is 0 Å². The van der Waals surface area contributed by atoms with Gasteiger partial charge in [0.25, 0.3) is 0 Å². The normalized spacial score (nSPS) is 19.8. The van der Waals surface area contributed by atoms with Crippen LogP contribution in [0, 0.1) is 5.92 Å². The van der Waals surface area contributed by atoms with Gasteiger partial charge in [0.1, 0.15) is 6.33 Å². The summed E-state index contributed by atoms with van der Waals surface area (Å²) in [6.45, 7) is 2.84. The molecule has 1 amide bonds. The molecule has 2 aliphatic rings. The summed E-state index contributed by atoms with van der Waals surface area (Å²) in [5.41, 5.74) is 2.05. The molecule has 1 saturated heterocycles. The first-order valence-corrected chi connectivity index (χ1v) is 7.53. The molecule has 0 bridgehead atoms. The van der Waals surface area contributed by atoms with Crippen molar-refractivity contribution in [3.63, 3.8) is 0 Å². The van der Waals surface area contributed by atoms with Crippen LogP contribution in [0.25, 0.3) is 0 Å². The molecule has 114 valence electrons. The monoisotopic (exact) mass is 291 g/mol. The van der Waals surface area contributed by atoms with E-state index < -0.39 is 0 Å². The molecule has 0 atom stereocenters. The zero-order valence-corrected chi connectivity index (χ0v) is 12.4. The van der Waals surface area contributed by atoms with Crippen molar-refractivity contribution in [3.8, 4) is 5.88 Å². The maximum absolute atomic E-state index is 12.6. The molecule has 0 aliphatic carbocycles. The summed E-state index contributed by atoms with van der Waals surface area (Å²) in [6.07, 6.45) is 4.74. The highest BCUT2D eigenvalue weighted by Crippen LogP contribution is 2.24. The molecule has 0 radical (unpaired) electrons. The summed E-state index contributed by atoms with van der Waals surface area (Å²) in [5.74, 6) is 1.02. The molecule has 6 nitrogen and oxygen atoms in total. The summed E-state index contributed by atoms with van der Waals surface area (Å²) >= 11 is 0. The van der Waals surface area contributed by atoms with E-state index in [0.29, 0.717) is 25.6 Å². The lowest BCUT2D eigenvalue weighted by Gasteiger charge is -2.28. The van der Waals surface area contributed by atoms with E-state index in [9.17, 15) is 4.79 Å². The minimum Gasteiger partial charge on any atom is -0.481 e. The van der Waals surface area contributed by atoms with E-state index in [-0.39, 0.29) is 11.8 Å². The maximum Gasteiger partial charge on any atom is 0.225 e. The number of hydrogen-bond acceptors (Lipinski definition) is 5. The first-order valence-electron chi connectivity index (χ1n) is 7.53. The third-order valence-corrected chi connectivity index (χ3v) is 4.32. The number of nitrogens with zero attached hydrogens (tertiary/aromatic N) is 3. The lowest BCUT2D eigenvalue weighted by atomic mass is 9.98. The number of amides is 1. The highest BCUT2D eigenvalue weighted by molar-refractivity contribution is 5.79. The number of methoxy groups -OCH3 is 1. The minimum absolute atomic E-state index is 0.118. The second-order valence-electron chi connectivity index (χ2n) is 5.52. The molecule has 3 heterocycles. The quantitative estimate of drug-likeness (QED) is 0.808. The first kappa shape index (κ1) is 14.3. The molecule has 2 aliphatic heterocycles. The van der Waals surface area contributed by atoms with Crippen LogP contribution in [0.1, 0.15) is 24.1 Å². The largest absolute Gasteiger partial charge is 0.481 e. The van der Waals surface area contributed by atoms with Gasteiger partial charge in [0.05, 0.1) is 12.8 Å². The van der Waals surface area contributed by atoms with E-state index >= 15 is 0 Å². The van der Waals surface area contributed by atoms with Gasteiger partial charge >= 0.3 is 0 Å². The van der Waals surface area contributed by atoms with Gasteiger partial charge in [-0.3, -0.25) is 4.79 Å². The van der Waals surface area contributed by atoms with Gasteiger partial charge in [-0.2, -0.15) is 0 Å². The molecule has 1 aromatic rings. The predicted octanol–water partition coefficient (Wildman–Crippen LogP) is 0.839. The summed E-state index contributed by atoms with van der Waals surface area (Å²) in [5, 5.41) is 0. The summed E-state index contributed by atoms with van der Waals surface area (Å²) in [6, 6.07) is 0. The van der Waals surface area contributed by atoms with Crippen LogP contribution in [-0.2, 0) is 22.4 Å². The average molecular weight is 291 g/mol. The number of fused-ring (bicyclic) bond motifs is 1. The van der Waals surface area contributed by atoms with Crippen LogP contribution in [0.5, 0.6) is 5.88 Å². The van der Waals surface area contributed by atoms with Crippen molar-refractivity contribution in [2.45, 2.75) is 25.7 Å². The molecule has 21 heavy (non-hydrogen) atoms. The van der Waals surface area contributed by atoms with Gasteiger partial charge in [0.2, 0.25) is 11.8 Å². The number of ether oxygens (including phenoxy) is 2. The predicted molar refractivity (Wildman–Crippen MR) is 76.1 cm³/mol. The molecular formula is C15H21N3O3. The Hall–Kier alpha value is -1.69. The van der Waals surface area contributed by atoms with E-state index in [0.717, 1.165) is 43.5 Å². The fourth-order valence-electron chi connectivity index (χ4n) is 3.10. The fourth-order valence-corrected chi connectivity index (χ4v) is 3.10. The summed E-state index contributed by atoms with van der Waals surface area (Å²) in [4.78, 5) is 23.1. The lowest BCUT2D eigenvalue weighted by Crippen LogP contribution is -2.39. The molecule has 0 unspecified atom stereocenters. The molecule has 0 aromatic carbocycles. The smallest absolute Gasteiger partial charge is 0.225 e. The molecule has 1 fully saturated rings. The van der Waals surface area contributed by atoms with Crippen molar-refractivity contribution >= 4 is 5.91 Å². The van der Waals surface area contributed by atoms with Crippen molar-refractivity contribution in [2.24, 2.45) is 5.92 Å². The molecule has 0 N–H and O–H groups in total. The second kappa shape index (κ2) is 6.39. The molecule has 1 aromatic heterocycles. The highest BCUT2D eigenvalue weighted by atomic mass is 16.5. The van der Waals surface area contributed by atoms with Crippen LogP contribution in [-0.4, -0.2) is 54.2 Å². The average Bonchev–Trinajstić information content (AvgIpc) is 2.77. The highest BCUT2D eigenvalue weighted by Gasteiger charge is 2.28. The van der Waals surface area contributed by atoms with Crippen LogP contribution < -0.4 is 4.74 Å². The Morgan fingerprint density at radius 2 is 2.05 bits per heavy atom. The van der Waals surface area contributed by atoms with Crippen molar-refractivity contribution in [3.05, 3.63) is 17.6 Å². The molecule has 3 rings (SSSR count). The third-order valence-electron chi connectivity index (χ3n) is 4.32. The van der Waals surface area contributed by atoms with Gasteiger partial charge in [0, 0.05) is 44.2 Å². The Morgan fingerprint density at radius 1 is 1.29 bits per heavy atom. The van der Waals surface area contributed by atoms with E-state index in [1.54, 1.807) is 7.11 Å². The van der Waals surface area contributed by atoms with E-state index in [1.165, 1.54) is 6.33 Å². The van der Waals surface area contributed by atoms with Gasteiger partial charge in [-0.25, -0.2) is 9.97 Å². The second-order valence-corrected chi connectivity index (χ2v) is 5.52. The maximum atomic E-state index is 12.6.